The Morgan fingerprint density at radius 3 is 2.70 bits per heavy atom. The predicted octanol–water partition coefficient (Wildman–Crippen LogP) is 4.02. The van der Waals surface area contributed by atoms with Crippen LogP contribution in [0.5, 0.6) is 11.5 Å². The molecule has 1 amide bonds. The molecule has 0 aliphatic carbocycles. The van der Waals surface area contributed by atoms with Gasteiger partial charge in [-0.1, -0.05) is 36.4 Å². The third-order valence-corrected chi connectivity index (χ3v) is 6.55. The molecule has 9 heteroatoms. The van der Waals surface area contributed by atoms with E-state index in [-0.39, 0.29) is 30.3 Å². The van der Waals surface area contributed by atoms with Crippen molar-refractivity contribution in [2.24, 2.45) is 5.92 Å². The van der Waals surface area contributed by atoms with Crippen molar-refractivity contribution in [3.05, 3.63) is 77.5 Å². The van der Waals surface area contributed by atoms with Gasteiger partial charge in [-0.25, -0.2) is 4.98 Å². The average Bonchev–Trinajstić information content (AvgIpc) is 3.58. The molecule has 0 bridgehead atoms. The van der Waals surface area contributed by atoms with E-state index in [1.807, 2.05) is 36.4 Å². The van der Waals surface area contributed by atoms with Crippen LogP contribution in [0.25, 0.3) is 0 Å². The zero-order chi connectivity index (χ0) is 25.6. The quantitative estimate of drug-likeness (QED) is 0.403. The lowest BCUT2D eigenvalue weighted by Gasteiger charge is -2.30. The molecule has 1 fully saturated rings. The Morgan fingerprint density at radius 2 is 1.86 bits per heavy atom. The molecule has 9 nitrogen and oxygen atoms in total. The summed E-state index contributed by atoms with van der Waals surface area (Å²) >= 11 is 0. The van der Waals surface area contributed by atoms with Crippen LogP contribution in [0.4, 0.5) is 0 Å². The van der Waals surface area contributed by atoms with E-state index in [0.717, 1.165) is 35.5 Å². The lowest BCUT2D eigenvalue weighted by molar-refractivity contribution is -0.149. The summed E-state index contributed by atoms with van der Waals surface area (Å²) in [6.07, 6.45) is 2.88. The first kappa shape index (κ1) is 24.8. The zero-order valence-corrected chi connectivity index (χ0v) is 20.9. The molecule has 0 saturated carbocycles. The van der Waals surface area contributed by atoms with Gasteiger partial charge in [-0.05, 0) is 43.0 Å². The molecule has 5 rings (SSSR count). The van der Waals surface area contributed by atoms with Crippen molar-refractivity contribution in [1.29, 1.82) is 0 Å². The fourth-order valence-electron chi connectivity index (χ4n) is 4.76. The Labute approximate surface area is 215 Å². The van der Waals surface area contributed by atoms with Crippen LogP contribution in [0, 0.1) is 5.92 Å². The van der Waals surface area contributed by atoms with Gasteiger partial charge < -0.3 is 23.5 Å². The third kappa shape index (κ3) is 6.11. The number of rotatable bonds is 9. The Balaban J connectivity index is 1.28. The number of benzene rings is 2. The molecule has 0 N–H and O–H groups in total. The van der Waals surface area contributed by atoms with Crippen LogP contribution in [-0.4, -0.2) is 53.1 Å². The molecular weight excluding hydrogens is 474 g/mol. The maximum absolute atomic E-state index is 13.1. The number of likely N-dealkylation sites (tertiary alicyclic amines) is 1. The molecule has 2 aliphatic rings. The van der Waals surface area contributed by atoms with Crippen molar-refractivity contribution in [2.75, 3.05) is 26.5 Å². The first-order valence-corrected chi connectivity index (χ1v) is 12.6. The highest BCUT2D eigenvalue weighted by Gasteiger charge is 2.31. The number of esters is 1. The van der Waals surface area contributed by atoms with Gasteiger partial charge in [0.05, 0.1) is 19.1 Å². The molecule has 2 aliphatic heterocycles. The molecule has 3 heterocycles. The maximum Gasteiger partial charge on any atom is 0.310 e. The van der Waals surface area contributed by atoms with Crippen molar-refractivity contribution in [3.8, 4) is 11.5 Å². The van der Waals surface area contributed by atoms with Crippen LogP contribution in [0.3, 0.4) is 0 Å². The number of fused-ring (bicyclic) bond motifs is 1. The van der Waals surface area contributed by atoms with Crippen LogP contribution in [0.15, 0.2) is 59.2 Å². The third-order valence-electron chi connectivity index (χ3n) is 6.55. The summed E-state index contributed by atoms with van der Waals surface area (Å²) in [4.78, 5) is 33.7. The molecule has 37 heavy (non-hydrogen) atoms. The minimum absolute atomic E-state index is 0.227. The number of piperidine rings is 1. The zero-order valence-electron chi connectivity index (χ0n) is 20.9. The number of oxazole rings is 1. The normalized spacial score (nSPS) is 16.7. The summed E-state index contributed by atoms with van der Waals surface area (Å²) in [6, 6.07) is 16.1. The van der Waals surface area contributed by atoms with Crippen molar-refractivity contribution in [1.82, 2.24) is 14.8 Å². The van der Waals surface area contributed by atoms with Crippen LogP contribution in [0.1, 0.15) is 47.3 Å². The number of carbonyl (C=O) groups excluding carboxylic acids is 2. The molecule has 194 valence electrons. The largest absolute Gasteiger partial charge is 0.466 e. The highest BCUT2D eigenvalue weighted by molar-refractivity contribution is 5.92. The second kappa shape index (κ2) is 11.5. The summed E-state index contributed by atoms with van der Waals surface area (Å²) in [6.45, 7) is 5.00. The smallest absolute Gasteiger partial charge is 0.310 e. The number of hydrogen-bond acceptors (Lipinski definition) is 8. The lowest BCUT2D eigenvalue weighted by atomic mass is 9.98. The van der Waals surface area contributed by atoms with Gasteiger partial charge in [0.1, 0.15) is 6.26 Å². The Kier molecular flexibility index (Phi) is 7.70. The molecule has 1 saturated heterocycles. The van der Waals surface area contributed by atoms with E-state index in [1.165, 1.54) is 6.26 Å². The SMILES string of the molecule is CCOC(=O)C1CCCN(C(=O)c2coc(CN(Cc3ccccc3)Cc3ccc4c(c3)OCO4)n2)C1. The molecule has 2 aromatic carbocycles. The van der Waals surface area contributed by atoms with Crippen molar-refractivity contribution in [2.45, 2.75) is 39.4 Å². The highest BCUT2D eigenvalue weighted by Crippen LogP contribution is 2.33. The number of nitrogens with zero attached hydrogens (tertiary/aromatic N) is 3. The summed E-state index contributed by atoms with van der Waals surface area (Å²) in [5.41, 5.74) is 2.48. The van der Waals surface area contributed by atoms with Crippen molar-refractivity contribution >= 4 is 11.9 Å². The predicted molar refractivity (Wildman–Crippen MR) is 134 cm³/mol. The number of hydrogen-bond donors (Lipinski definition) is 0. The summed E-state index contributed by atoms with van der Waals surface area (Å²) in [5, 5.41) is 0. The van der Waals surface area contributed by atoms with Gasteiger partial charge in [-0.15, -0.1) is 0 Å². The van der Waals surface area contributed by atoms with E-state index in [4.69, 9.17) is 18.6 Å². The van der Waals surface area contributed by atoms with Gasteiger partial charge >= 0.3 is 5.97 Å². The average molecular weight is 506 g/mol. The molecular formula is C28H31N3O6. The highest BCUT2D eigenvalue weighted by atomic mass is 16.7. The standard InChI is InChI=1S/C28H31N3O6/c1-2-34-28(33)22-9-6-12-31(16-22)27(32)23-18-35-26(29-23)17-30(14-20-7-4-3-5-8-20)15-21-10-11-24-25(13-21)37-19-36-24/h3-5,7-8,10-11,13,18,22H,2,6,9,12,14-17,19H2,1H3. The number of amides is 1. The minimum Gasteiger partial charge on any atom is -0.466 e. The van der Waals surface area contributed by atoms with E-state index >= 15 is 0 Å². The molecule has 0 radical (unpaired) electrons. The molecule has 1 unspecified atom stereocenters. The second-order valence-electron chi connectivity index (χ2n) is 9.29. The first-order valence-electron chi connectivity index (χ1n) is 12.6. The van der Waals surface area contributed by atoms with E-state index in [1.54, 1.807) is 11.8 Å². The maximum atomic E-state index is 13.1. The summed E-state index contributed by atoms with van der Waals surface area (Å²) in [5.74, 6) is 1.17. The molecule has 0 spiro atoms. The number of aromatic nitrogens is 1. The lowest BCUT2D eigenvalue weighted by Crippen LogP contribution is -2.43. The monoisotopic (exact) mass is 505 g/mol. The Bertz CT molecular complexity index is 1230. The van der Waals surface area contributed by atoms with Gasteiger partial charge in [-0.2, -0.15) is 0 Å². The molecule has 1 atom stereocenters. The number of carbonyl (C=O) groups is 2. The van der Waals surface area contributed by atoms with Gasteiger partial charge in [-0.3, -0.25) is 14.5 Å². The second-order valence-corrected chi connectivity index (χ2v) is 9.29. The van der Waals surface area contributed by atoms with Crippen molar-refractivity contribution in [3.63, 3.8) is 0 Å². The van der Waals surface area contributed by atoms with E-state index < -0.39 is 0 Å². The van der Waals surface area contributed by atoms with E-state index in [0.29, 0.717) is 45.2 Å². The minimum atomic E-state index is -0.299. The van der Waals surface area contributed by atoms with Gasteiger partial charge in [0.15, 0.2) is 17.2 Å². The topological polar surface area (TPSA) is 94.3 Å². The molecule has 1 aromatic heterocycles. The first-order chi connectivity index (χ1) is 18.1. The fourth-order valence-corrected chi connectivity index (χ4v) is 4.76. The molecule has 3 aromatic rings. The van der Waals surface area contributed by atoms with Crippen molar-refractivity contribution < 1.29 is 28.2 Å². The van der Waals surface area contributed by atoms with E-state index in [2.05, 4.69) is 22.0 Å². The summed E-state index contributed by atoms with van der Waals surface area (Å²) < 4.78 is 21.9. The number of ether oxygens (including phenoxy) is 3. The van der Waals surface area contributed by atoms with Gasteiger partial charge in [0, 0.05) is 26.2 Å². The van der Waals surface area contributed by atoms with E-state index in [9.17, 15) is 9.59 Å². The van der Waals surface area contributed by atoms with Crippen LogP contribution in [0.2, 0.25) is 0 Å². The van der Waals surface area contributed by atoms with Gasteiger partial charge in [0.25, 0.3) is 5.91 Å². The summed E-state index contributed by atoms with van der Waals surface area (Å²) in [7, 11) is 0. The van der Waals surface area contributed by atoms with Crippen LogP contribution in [-0.2, 0) is 29.2 Å². The van der Waals surface area contributed by atoms with Crippen LogP contribution < -0.4 is 9.47 Å². The fraction of sp³-hybridized carbons (Fsp3) is 0.393. The Hall–Kier alpha value is -3.85. The van der Waals surface area contributed by atoms with Crippen LogP contribution >= 0.6 is 0 Å². The Morgan fingerprint density at radius 1 is 1.05 bits per heavy atom. The van der Waals surface area contributed by atoms with Gasteiger partial charge in [0.2, 0.25) is 12.7 Å².